The zero-order valence-corrected chi connectivity index (χ0v) is 14.5. The highest BCUT2D eigenvalue weighted by atomic mass is 127. The fourth-order valence-corrected chi connectivity index (χ4v) is 2.13. The van der Waals surface area contributed by atoms with Crippen LogP contribution in [0.5, 0.6) is 0 Å². The Labute approximate surface area is 129 Å². The highest BCUT2D eigenvalue weighted by Crippen LogP contribution is 2.28. The van der Waals surface area contributed by atoms with E-state index in [2.05, 4.69) is 55.1 Å². The SMILES string of the molecule is C/C=C/CCN=C(NCC)N1CCC(C)(C)C1.I. The molecule has 1 aliphatic rings. The minimum atomic E-state index is 0. The van der Waals surface area contributed by atoms with Crippen molar-refractivity contribution < 1.29 is 0 Å². The van der Waals surface area contributed by atoms with E-state index >= 15 is 0 Å². The third-order valence-electron chi connectivity index (χ3n) is 3.10. The Balaban J connectivity index is 0.00000289. The molecule has 1 N–H and O–H groups in total. The molecule has 1 saturated heterocycles. The van der Waals surface area contributed by atoms with Crippen LogP contribution in [0.1, 0.15) is 40.5 Å². The van der Waals surface area contributed by atoms with Gasteiger partial charge < -0.3 is 10.2 Å². The Bertz CT molecular complexity index is 285. The van der Waals surface area contributed by atoms with Gasteiger partial charge in [0, 0.05) is 26.2 Å². The predicted octanol–water partition coefficient (Wildman–Crippen LogP) is 3.27. The molecule has 1 rings (SSSR count). The molecule has 0 amide bonds. The fourth-order valence-electron chi connectivity index (χ4n) is 2.13. The van der Waals surface area contributed by atoms with Crippen molar-refractivity contribution >= 4 is 29.9 Å². The van der Waals surface area contributed by atoms with E-state index in [0.29, 0.717) is 5.41 Å². The van der Waals surface area contributed by atoms with Crippen LogP contribution in [-0.2, 0) is 0 Å². The lowest BCUT2D eigenvalue weighted by atomic mass is 9.93. The molecule has 0 aliphatic carbocycles. The van der Waals surface area contributed by atoms with Gasteiger partial charge in [-0.2, -0.15) is 0 Å². The lowest BCUT2D eigenvalue weighted by molar-refractivity contribution is 0.370. The molecule has 0 aromatic carbocycles. The predicted molar refractivity (Wildman–Crippen MR) is 90.8 cm³/mol. The van der Waals surface area contributed by atoms with E-state index < -0.39 is 0 Å². The lowest BCUT2D eigenvalue weighted by Gasteiger charge is -2.23. The van der Waals surface area contributed by atoms with Crippen LogP contribution in [0.25, 0.3) is 0 Å². The van der Waals surface area contributed by atoms with Crippen LogP contribution in [0.15, 0.2) is 17.1 Å². The summed E-state index contributed by atoms with van der Waals surface area (Å²) in [5.41, 5.74) is 0.430. The number of likely N-dealkylation sites (tertiary alicyclic amines) is 1. The van der Waals surface area contributed by atoms with Crippen molar-refractivity contribution in [1.29, 1.82) is 0 Å². The Hall–Kier alpha value is -0.260. The van der Waals surface area contributed by atoms with E-state index in [1.165, 1.54) is 6.42 Å². The summed E-state index contributed by atoms with van der Waals surface area (Å²) in [6.07, 6.45) is 6.54. The summed E-state index contributed by atoms with van der Waals surface area (Å²) in [7, 11) is 0. The van der Waals surface area contributed by atoms with Crippen molar-refractivity contribution in [2.75, 3.05) is 26.2 Å². The second-order valence-corrected chi connectivity index (χ2v) is 5.43. The number of nitrogens with zero attached hydrogens (tertiary/aromatic N) is 2. The maximum atomic E-state index is 4.68. The van der Waals surface area contributed by atoms with Gasteiger partial charge in [-0.05, 0) is 32.1 Å². The summed E-state index contributed by atoms with van der Waals surface area (Å²) in [6.45, 7) is 12.9. The van der Waals surface area contributed by atoms with Gasteiger partial charge in [0.25, 0.3) is 0 Å². The number of guanidine groups is 1. The number of hydrogen-bond acceptors (Lipinski definition) is 1. The molecule has 18 heavy (non-hydrogen) atoms. The Morgan fingerprint density at radius 1 is 1.44 bits per heavy atom. The van der Waals surface area contributed by atoms with E-state index in [0.717, 1.165) is 38.6 Å². The largest absolute Gasteiger partial charge is 0.357 e. The average molecular weight is 365 g/mol. The van der Waals surface area contributed by atoms with E-state index in [1.54, 1.807) is 0 Å². The summed E-state index contributed by atoms with van der Waals surface area (Å²) < 4.78 is 0. The second kappa shape index (κ2) is 8.77. The topological polar surface area (TPSA) is 27.6 Å². The number of nitrogens with one attached hydrogen (secondary N) is 1. The quantitative estimate of drug-likeness (QED) is 0.272. The maximum Gasteiger partial charge on any atom is 0.193 e. The second-order valence-electron chi connectivity index (χ2n) is 5.43. The van der Waals surface area contributed by atoms with Crippen molar-refractivity contribution in [3.05, 3.63) is 12.2 Å². The minimum Gasteiger partial charge on any atom is -0.357 e. The first-order valence-corrected chi connectivity index (χ1v) is 6.73. The number of rotatable bonds is 4. The molecule has 0 unspecified atom stereocenters. The molecular formula is C14H28IN3. The van der Waals surface area contributed by atoms with E-state index in [4.69, 9.17) is 0 Å². The van der Waals surface area contributed by atoms with Gasteiger partial charge in [-0.15, -0.1) is 24.0 Å². The molecule has 0 spiro atoms. The molecule has 1 fully saturated rings. The van der Waals surface area contributed by atoms with Crippen molar-refractivity contribution in [3.63, 3.8) is 0 Å². The average Bonchev–Trinajstić information content (AvgIpc) is 2.63. The third kappa shape index (κ3) is 6.07. The number of allylic oxidation sites excluding steroid dienone is 1. The maximum absolute atomic E-state index is 4.68. The normalized spacial score (nSPS) is 19.1. The molecule has 0 radical (unpaired) electrons. The molecule has 0 saturated carbocycles. The van der Waals surface area contributed by atoms with Crippen molar-refractivity contribution in [3.8, 4) is 0 Å². The molecule has 0 aromatic heterocycles. The molecule has 1 aliphatic heterocycles. The van der Waals surface area contributed by atoms with Gasteiger partial charge in [-0.25, -0.2) is 0 Å². The van der Waals surface area contributed by atoms with Crippen molar-refractivity contribution in [2.45, 2.75) is 40.5 Å². The van der Waals surface area contributed by atoms with Gasteiger partial charge in [0.15, 0.2) is 5.96 Å². The van der Waals surface area contributed by atoms with E-state index in [1.807, 2.05) is 0 Å². The van der Waals surface area contributed by atoms with Gasteiger partial charge in [0.2, 0.25) is 0 Å². The molecule has 0 atom stereocenters. The van der Waals surface area contributed by atoms with Crippen LogP contribution < -0.4 is 5.32 Å². The molecule has 106 valence electrons. The summed E-state index contributed by atoms with van der Waals surface area (Å²) in [6, 6.07) is 0. The smallest absolute Gasteiger partial charge is 0.193 e. The lowest BCUT2D eigenvalue weighted by Crippen LogP contribution is -2.40. The number of halogens is 1. The summed E-state index contributed by atoms with van der Waals surface area (Å²) >= 11 is 0. The Morgan fingerprint density at radius 3 is 2.67 bits per heavy atom. The summed E-state index contributed by atoms with van der Waals surface area (Å²) in [4.78, 5) is 7.07. The fraction of sp³-hybridized carbons (Fsp3) is 0.786. The zero-order chi connectivity index (χ0) is 12.7. The van der Waals surface area contributed by atoms with Gasteiger partial charge in [-0.1, -0.05) is 26.0 Å². The monoisotopic (exact) mass is 365 g/mol. The van der Waals surface area contributed by atoms with Crippen LogP contribution in [0.4, 0.5) is 0 Å². The Morgan fingerprint density at radius 2 is 2.17 bits per heavy atom. The van der Waals surface area contributed by atoms with E-state index in [9.17, 15) is 0 Å². The molecule has 1 heterocycles. The summed E-state index contributed by atoms with van der Waals surface area (Å²) in [5, 5.41) is 3.39. The van der Waals surface area contributed by atoms with Crippen LogP contribution in [0.2, 0.25) is 0 Å². The molecule has 3 nitrogen and oxygen atoms in total. The molecular weight excluding hydrogens is 337 g/mol. The minimum absolute atomic E-state index is 0. The van der Waals surface area contributed by atoms with Crippen molar-refractivity contribution in [2.24, 2.45) is 10.4 Å². The standard InChI is InChI=1S/C14H27N3.HI/c1-5-7-8-10-16-13(15-6-2)17-11-9-14(3,4)12-17;/h5,7H,6,8-12H2,1-4H3,(H,15,16);1H/b7-5+;. The molecule has 4 heteroatoms. The first-order chi connectivity index (χ1) is 8.09. The van der Waals surface area contributed by atoms with Crippen LogP contribution >= 0.6 is 24.0 Å². The Kier molecular flexibility index (Phi) is 8.65. The van der Waals surface area contributed by atoms with Gasteiger partial charge >= 0.3 is 0 Å². The van der Waals surface area contributed by atoms with Crippen LogP contribution in [-0.4, -0.2) is 37.0 Å². The highest BCUT2D eigenvalue weighted by Gasteiger charge is 2.30. The molecule has 0 bridgehead atoms. The highest BCUT2D eigenvalue weighted by molar-refractivity contribution is 14.0. The zero-order valence-electron chi connectivity index (χ0n) is 12.2. The first-order valence-electron chi connectivity index (χ1n) is 6.73. The first kappa shape index (κ1) is 17.7. The van der Waals surface area contributed by atoms with Crippen LogP contribution in [0.3, 0.4) is 0 Å². The van der Waals surface area contributed by atoms with Gasteiger partial charge in [0.05, 0.1) is 0 Å². The number of hydrogen-bond donors (Lipinski definition) is 1. The van der Waals surface area contributed by atoms with Gasteiger partial charge in [-0.3, -0.25) is 4.99 Å². The summed E-state index contributed by atoms with van der Waals surface area (Å²) in [5.74, 6) is 1.09. The molecule has 0 aromatic rings. The van der Waals surface area contributed by atoms with Crippen molar-refractivity contribution in [1.82, 2.24) is 10.2 Å². The third-order valence-corrected chi connectivity index (χ3v) is 3.10. The van der Waals surface area contributed by atoms with E-state index in [-0.39, 0.29) is 24.0 Å². The van der Waals surface area contributed by atoms with Gasteiger partial charge in [0.1, 0.15) is 0 Å². The van der Waals surface area contributed by atoms with Crippen LogP contribution in [0, 0.1) is 5.41 Å². The number of aliphatic imine (C=N–C) groups is 1.